The highest BCUT2D eigenvalue weighted by Gasteiger charge is 2.30. The smallest absolute Gasteiger partial charge is 0.407 e. The second-order valence-electron chi connectivity index (χ2n) is 14.8. The van der Waals surface area contributed by atoms with Crippen molar-refractivity contribution in [2.24, 2.45) is 11.8 Å². The standard InChI is InChI=1S/C40H48N8O6/c1-40(2,3)54-39(52)41-25-27-10-14-30(15-11-27)36(49)43-34(37(50)42-31-18-16-29(17-19-31)35-44-46-47-45-35)24-26-8-12-28(13-9-26)32-6-4-5-7-33(32)38(51)48-20-22-53-23-21-48/h4-9,12-13,16-19,27,30,34H,10-11,14-15,20-25H2,1-3H3,(H,41,52)(H,42,50)(H,43,49)(H,44,45,46,47). The van der Waals surface area contributed by atoms with E-state index in [2.05, 4.69) is 36.6 Å². The van der Waals surface area contributed by atoms with Gasteiger partial charge in [0.2, 0.25) is 17.6 Å². The molecule has 4 N–H and O–H groups in total. The van der Waals surface area contributed by atoms with Gasteiger partial charge in [0.05, 0.1) is 13.2 Å². The molecular weight excluding hydrogens is 688 g/mol. The highest BCUT2D eigenvalue weighted by molar-refractivity contribution is 6.01. The van der Waals surface area contributed by atoms with E-state index in [1.165, 1.54) is 0 Å². The number of rotatable bonds is 11. The number of carbonyl (C=O) groups excluding carboxylic acids is 4. The van der Waals surface area contributed by atoms with Crippen LogP contribution in [0.1, 0.15) is 62.4 Å². The number of alkyl carbamates (subject to hydrolysis) is 1. The largest absolute Gasteiger partial charge is 0.444 e. The second-order valence-corrected chi connectivity index (χ2v) is 14.8. The van der Waals surface area contributed by atoms with Crippen molar-refractivity contribution in [1.82, 2.24) is 36.2 Å². The summed E-state index contributed by atoms with van der Waals surface area (Å²) in [4.78, 5) is 54.9. The zero-order valence-corrected chi connectivity index (χ0v) is 31.0. The summed E-state index contributed by atoms with van der Waals surface area (Å²) in [5, 5.41) is 22.9. The van der Waals surface area contributed by atoms with Gasteiger partial charge in [0.15, 0.2) is 0 Å². The number of aromatic amines is 1. The molecule has 0 bridgehead atoms. The van der Waals surface area contributed by atoms with E-state index in [1.807, 2.05) is 74.2 Å². The van der Waals surface area contributed by atoms with Crippen LogP contribution >= 0.6 is 0 Å². The van der Waals surface area contributed by atoms with E-state index in [0.29, 0.717) is 62.8 Å². The third-order valence-electron chi connectivity index (χ3n) is 9.70. The minimum Gasteiger partial charge on any atom is -0.444 e. The van der Waals surface area contributed by atoms with Crippen molar-refractivity contribution in [1.29, 1.82) is 0 Å². The van der Waals surface area contributed by atoms with E-state index in [0.717, 1.165) is 35.1 Å². The number of amides is 4. The van der Waals surface area contributed by atoms with Crippen molar-refractivity contribution in [3.8, 4) is 22.5 Å². The number of nitrogens with one attached hydrogen (secondary N) is 4. The Hall–Kier alpha value is -5.63. The fourth-order valence-corrected chi connectivity index (χ4v) is 6.80. The van der Waals surface area contributed by atoms with Crippen molar-refractivity contribution in [3.63, 3.8) is 0 Å². The summed E-state index contributed by atoms with van der Waals surface area (Å²) < 4.78 is 10.8. The van der Waals surface area contributed by atoms with Gasteiger partial charge in [-0.2, -0.15) is 5.21 Å². The molecule has 54 heavy (non-hydrogen) atoms. The van der Waals surface area contributed by atoms with Crippen LogP contribution < -0.4 is 16.0 Å². The fourth-order valence-electron chi connectivity index (χ4n) is 6.80. The second kappa shape index (κ2) is 17.5. The summed E-state index contributed by atoms with van der Waals surface area (Å²) in [7, 11) is 0. The Morgan fingerprint density at radius 3 is 2.26 bits per heavy atom. The van der Waals surface area contributed by atoms with Crippen LogP contribution in [0.25, 0.3) is 22.5 Å². The van der Waals surface area contributed by atoms with E-state index in [4.69, 9.17) is 9.47 Å². The van der Waals surface area contributed by atoms with Gasteiger partial charge in [-0.3, -0.25) is 14.4 Å². The Labute approximate surface area is 314 Å². The summed E-state index contributed by atoms with van der Waals surface area (Å²) in [5.41, 5.74) is 3.89. The number of anilines is 1. The zero-order valence-electron chi connectivity index (χ0n) is 31.0. The summed E-state index contributed by atoms with van der Waals surface area (Å²) in [6.07, 6.45) is 2.65. The van der Waals surface area contributed by atoms with E-state index < -0.39 is 17.7 Å². The number of H-pyrrole nitrogens is 1. The van der Waals surface area contributed by atoms with Crippen molar-refractivity contribution < 1.29 is 28.7 Å². The Balaban J connectivity index is 1.13. The molecule has 0 spiro atoms. The Morgan fingerprint density at radius 1 is 0.907 bits per heavy atom. The highest BCUT2D eigenvalue weighted by Crippen LogP contribution is 2.30. The van der Waals surface area contributed by atoms with Crippen molar-refractivity contribution in [3.05, 3.63) is 83.9 Å². The monoisotopic (exact) mass is 736 g/mol. The summed E-state index contributed by atoms with van der Waals surface area (Å²) in [5.74, 6) is -0.134. The lowest BCUT2D eigenvalue weighted by Gasteiger charge is -2.29. The molecule has 14 nitrogen and oxygen atoms in total. The predicted molar refractivity (Wildman–Crippen MR) is 202 cm³/mol. The maximum absolute atomic E-state index is 13.8. The van der Waals surface area contributed by atoms with Crippen LogP contribution in [0.15, 0.2) is 72.8 Å². The molecule has 284 valence electrons. The van der Waals surface area contributed by atoms with Gasteiger partial charge >= 0.3 is 6.09 Å². The van der Waals surface area contributed by atoms with Crippen LogP contribution in [-0.2, 0) is 25.5 Å². The van der Waals surface area contributed by atoms with Crippen molar-refractivity contribution in [2.75, 3.05) is 38.2 Å². The lowest BCUT2D eigenvalue weighted by atomic mass is 9.81. The molecule has 1 aliphatic carbocycles. The van der Waals surface area contributed by atoms with Gasteiger partial charge in [0.1, 0.15) is 11.6 Å². The lowest BCUT2D eigenvalue weighted by molar-refractivity contribution is -0.130. The number of benzene rings is 3. The third kappa shape index (κ3) is 10.3. The Bertz CT molecular complexity index is 1880. The van der Waals surface area contributed by atoms with E-state index in [1.54, 1.807) is 24.3 Å². The number of carbonyl (C=O) groups is 4. The van der Waals surface area contributed by atoms with Gasteiger partial charge in [-0.15, -0.1) is 10.2 Å². The number of tetrazole rings is 1. The number of nitrogens with zero attached hydrogens (tertiary/aromatic N) is 4. The van der Waals surface area contributed by atoms with E-state index in [9.17, 15) is 19.2 Å². The summed E-state index contributed by atoms with van der Waals surface area (Å²) in [6.45, 7) is 8.11. The highest BCUT2D eigenvalue weighted by atomic mass is 16.6. The van der Waals surface area contributed by atoms with E-state index in [-0.39, 0.29) is 36.0 Å². The van der Waals surface area contributed by atoms with Crippen LogP contribution in [0.4, 0.5) is 10.5 Å². The van der Waals surface area contributed by atoms with E-state index >= 15 is 0 Å². The number of morpholine rings is 1. The molecule has 1 unspecified atom stereocenters. The maximum atomic E-state index is 13.8. The van der Waals surface area contributed by atoms with Gasteiger partial charge < -0.3 is 30.3 Å². The van der Waals surface area contributed by atoms with Crippen LogP contribution in [0.5, 0.6) is 0 Å². The molecule has 2 heterocycles. The van der Waals surface area contributed by atoms with Crippen molar-refractivity contribution in [2.45, 2.75) is 64.5 Å². The lowest BCUT2D eigenvalue weighted by Crippen LogP contribution is -2.48. The summed E-state index contributed by atoms with van der Waals surface area (Å²) >= 11 is 0. The third-order valence-corrected chi connectivity index (χ3v) is 9.70. The predicted octanol–water partition coefficient (Wildman–Crippen LogP) is 5.00. The first-order chi connectivity index (χ1) is 26.0. The topological polar surface area (TPSA) is 181 Å². The molecule has 3 aromatic carbocycles. The normalized spacial score (nSPS) is 17.9. The first-order valence-electron chi connectivity index (χ1n) is 18.5. The SMILES string of the molecule is CC(C)(C)OC(=O)NCC1CCC(C(=O)NC(Cc2ccc(-c3ccccc3C(=O)N3CCOCC3)cc2)C(=O)Nc2ccc(-c3nn[nH]n3)cc2)CC1. The van der Waals surface area contributed by atoms with Crippen LogP contribution in [0, 0.1) is 11.8 Å². The number of hydrogen-bond donors (Lipinski definition) is 4. The Kier molecular flexibility index (Phi) is 12.3. The molecular formula is C40H48N8O6. The number of ether oxygens (including phenoxy) is 2. The molecule has 2 fully saturated rings. The molecule has 0 radical (unpaired) electrons. The molecule has 4 amide bonds. The average Bonchev–Trinajstić information content (AvgIpc) is 3.72. The first-order valence-corrected chi connectivity index (χ1v) is 18.5. The van der Waals surface area contributed by atoms with Gasteiger partial charge in [-0.1, -0.05) is 42.5 Å². The number of hydrogen-bond acceptors (Lipinski definition) is 9. The molecule has 4 aromatic rings. The molecule has 1 aliphatic heterocycles. The van der Waals surface area contributed by atoms with Gasteiger partial charge in [0.25, 0.3) is 5.91 Å². The quantitative estimate of drug-likeness (QED) is 0.165. The fraction of sp³-hybridized carbons (Fsp3) is 0.425. The maximum Gasteiger partial charge on any atom is 0.407 e. The molecule has 1 saturated heterocycles. The number of aromatic nitrogens is 4. The van der Waals surface area contributed by atoms with Crippen molar-refractivity contribution >= 4 is 29.5 Å². The molecule has 1 atom stereocenters. The first kappa shape index (κ1) is 38.1. The minimum absolute atomic E-state index is 0.0314. The molecule has 1 saturated carbocycles. The van der Waals surface area contributed by atoms with Gasteiger partial charge in [-0.25, -0.2) is 4.79 Å². The minimum atomic E-state index is -0.859. The van der Waals surface area contributed by atoms with Crippen LogP contribution in [0.3, 0.4) is 0 Å². The zero-order chi connectivity index (χ0) is 38.1. The molecule has 14 heteroatoms. The van der Waals surface area contributed by atoms with Gasteiger partial charge in [0, 0.05) is 48.8 Å². The summed E-state index contributed by atoms with van der Waals surface area (Å²) in [6, 6.07) is 21.5. The average molecular weight is 737 g/mol. The molecule has 2 aliphatic rings. The van der Waals surface area contributed by atoms with Gasteiger partial charge in [-0.05, 0) is 105 Å². The van der Waals surface area contributed by atoms with Crippen LogP contribution in [-0.4, -0.2) is 93.8 Å². The molecule has 6 rings (SSSR count). The molecule has 1 aromatic heterocycles. The van der Waals surface area contributed by atoms with Crippen LogP contribution in [0.2, 0.25) is 0 Å². The Morgan fingerprint density at radius 2 is 1.59 bits per heavy atom.